The number of hydrogen-bond donors (Lipinski definition) is 1. The zero-order valence-corrected chi connectivity index (χ0v) is 16.9. The first kappa shape index (κ1) is 19.7. The Bertz CT molecular complexity index is 882. The van der Waals surface area contributed by atoms with Crippen molar-refractivity contribution >= 4 is 11.7 Å². The van der Waals surface area contributed by atoms with Crippen molar-refractivity contribution in [1.29, 1.82) is 0 Å². The maximum Gasteiger partial charge on any atom is 0.322 e. The number of aromatic nitrogens is 1. The van der Waals surface area contributed by atoms with Crippen LogP contribution in [0.2, 0.25) is 0 Å². The van der Waals surface area contributed by atoms with E-state index in [1.807, 2.05) is 43.0 Å². The Hall–Kier alpha value is -3.01. The smallest absolute Gasteiger partial charge is 0.322 e. The van der Waals surface area contributed by atoms with E-state index in [-0.39, 0.29) is 12.1 Å². The van der Waals surface area contributed by atoms with Crippen LogP contribution < -0.4 is 5.32 Å². The Morgan fingerprint density at radius 2 is 1.68 bits per heavy atom. The lowest BCUT2D eigenvalue weighted by atomic mass is 10.1. The lowest BCUT2D eigenvalue weighted by Gasteiger charge is -2.27. The average molecular weight is 376 g/mol. The van der Waals surface area contributed by atoms with Crippen LogP contribution >= 0.6 is 0 Å². The van der Waals surface area contributed by atoms with Crippen LogP contribution in [0, 0.1) is 0 Å². The lowest BCUT2D eigenvalue weighted by Crippen LogP contribution is -2.40. The van der Waals surface area contributed by atoms with Gasteiger partial charge in [-0.3, -0.25) is 0 Å². The van der Waals surface area contributed by atoms with Crippen LogP contribution in [0.3, 0.4) is 0 Å². The maximum absolute atomic E-state index is 12.9. The van der Waals surface area contributed by atoms with Gasteiger partial charge in [-0.05, 0) is 55.7 Å². The molecule has 0 saturated heterocycles. The maximum atomic E-state index is 12.9. The van der Waals surface area contributed by atoms with Crippen molar-refractivity contribution in [2.75, 3.05) is 5.32 Å². The second kappa shape index (κ2) is 9.27. The van der Waals surface area contributed by atoms with Gasteiger partial charge in [0, 0.05) is 30.2 Å². The summed E-state index contributed by atoms with van der Waals surface area (Å²) in [6.45, 7) is 7.58. The zero-order valence-electron chi connectivity index (χ0n) is 16.9. The topological polar surface area (TPSA) is 37.3 Å². The summed E-state index contributed by atoms with van der Waals surface area (Å²) in [5.41, 5.74) is 4.45. The minimum absolute atomic E-state index is 0.0771. The van der Waals surface area contributed by atoms with E-state index in [2.05, 4.69) is 65.5 Å². The Morgan fingerprint density at radius 3 is 2.32 bits per heavy atom. The molecule has 0 fully saturated rings. The Labute approximate surface area is 167 Å². The second-order valence-electron chi connectivity index (χ2n) is 7.32. The fourth-order valence-corrected chi connectivity index (χ4v) is 3.21. The molecule has 1 aromatic heterocycles. The number of urea groups is 1. The van der Waals surface area contributed by atoms with Gasteiger partial charge in [-0.25, -0.2) is 4.79 Å². The summed E-state index contributed by atoms with van der Waals surface area (Å²) in [6, 6.07) is 22.6. The van der Waals surface area contributed by atoms with Crippen LogP contribution in [-0.4, -0.2) is 21.5 Å². The highest BCUT2D eigenvalue weighted by molar-refractivity contribution is 5.89. The predicted octanol–water partition coefficient (Wildman–Crippen LogP) is 5.54. The Morgan fingerprint density at radius 1 is 0.964 bits per heavy atom. The van der Waals surface area contributed by atoms with Gasteiger partial charge in [0.2, 0.25) is 0 Å². The van der Waals surface area contributed by atoms with Crippen molar-refractivity contribution in [3.8, 4) is 0 Å². The quantitative estimate of drug-likeness (QED) is 0.578. The molecule has 0 saturated carbocycles. The largest absolute Gasteiger partial charge is 0.345 e. The fourth-order valence-electron chi connectivity index (χ4n) is 3.21. The summed E-state index contributed by atoms with van der Waals surface area (Å²) in [4.78, 5) is 14.8. The standard InChI is InChI=1S/C24H29N3O/c1-4-20-12-14-22(15-13-20)25-24(28)27(19(2)3)18-23-11-8-16-26(23)17-21-9-6-5-7-10-21/h5-16,19H,4,17-18H2,1-3H3,(H,25,28). The van der Waals surface area contributed by atoms with Crippen LogP contribution in [0.4, 0.5) is 10.5 Å². The number of carbonyl (C=O) groups excluding carboxylic acids is 1. The van der Waals surface area contributed by atoms with Crippen LogP contribution in [0.5, 0.6) is 0 Å². The number of aryl methyl sites for hydroxylation is 1. The molecule has 0 atom stereocenters. The number of hydrogen-bond acceptors (Lipinski definition) is 1. The number of benzene rings is 2. The number of rotatable bonds is 7. The Kier molecular flexibility index (Phi) is 6.53. The summed E-state index contributed by atoms with van der Waals surface area (Å²) < 4.78 is 2.20. The highest BCUT2D eigenvalue weighted by atomic mass is 16.2. The molecule has 28 heavy (non-hydrogen) atoms. The molecule has 0 aliphatic rings. The molecule has 1 N–H and O–H groups in total. The first-order chi connectivity index (χ1) is 13.6. The number of carbonyl (C=O) groups is 1. The summed E-state index contributed by atoms with van der Waals surface area (Å²) in [7, 11) is 0. The summed E-state index contributed by atoms with van der Waals surface area (Å²) in [5.74, 6) is 0. The van der Waals surface area contributed by atoms with Gasteiger partial charge in [0.1, 0.15) is 0 Å². The van der Waals surface area contributed by atoms with Gasteiger partial charge in [0.25, 0.3) is 0 Å². The van der Waals surface area contributed by atoms with Crippen molar-refractivity contribution in [2.24, 2.45) is 0 Å². The molecule has 0 aliphatic carbocycles. The third kappa shape index (κ3) is 5.03. The van der Waals surface area contributed by atoms with Gasteiger partial charge in [0.15, 0.2) is 0 Å². The SMILES string of the molecule is CCc1ccc(NC(=O)N(Cc2cccn2Cc2ccccc2)C(C)C)cc1. The molecule has 3 aromatic rings. The molecule has 2 aromatic carbocycles. The van der Waals surface area contributed by atoms with Gasteiger partial charge in [-0.1, -0.05) is 49.4 Å². The molecule has 0 unspecified atom stereocenters. The molecule has 2 amide bonds. The van der Waals surface area contributed by atoms with E-state index in [9.17, 15) is 4.79 Å². The molecule has 0 bridgehead atoms. The van der Waals surface area contributed by atoms with Crippen molar-refractivity contribution in [3.05, 3.63) is 89.7 Å². The van der Waals surface area contributed by atoms with Crippen LogP contribution in [0.1, 0.15) is 37.6 Å². The minimum Gasteiger partial charge on any atom is -0.345 e. The molecular weight excluding hydrogens is 346 g/mol. The molecule has 0 radical (unpaired) electrons. The number of nitrogens with zero attached hydrogens (tertiary/aromatic N) is 2. The van der Waals surface area contributed by atoms with Crippen molar-refractivity contribution < 1.29 is 4.79 Å². The Balaban J connectivity index is 1.71. The number of nitrogens with one attached hydrogen (secondary N) is 1. The zero-order chi connectivity index (χ0) is 19.9. The van der Waals surface area contributed by atoms with E-state index in [1.165, 1.54) is 11.1 Å². The third-order valence-electron chi connectivity index (χ3n) is 4.95. The van der Waals surface area contributed by atoms with Crippen LogP contribution in [0.15, 0.2) is 72.9 Å². The summed E-state index contributed by atoms with van der Waals surface area (Å²) >= 11 is 0. The van der Waals surface area contributed by atoms with E-state index in [0.29, 0.717) is 6.54 Å². The third-order valence-corrected chi connectivity index (χ3v) is 4.95. The van der Waals surface area contributed by atoms with E-state index in [1.54, 1.807) is 0 Å². The molecule has 3 rings (SSSR count). The van der Waals surface area contributed by atoms with Crippen molar-refractivity contribution in [1.82, 2.24) is 9.47 Å². The highest BCUT2D eigenvalue weighted by Gasteiger charge is 2.19. The van der Waals surface area contributed by atoms with Crippen LogP contribution in [-0.2, 0) is 19.5 Å². The van der Waals surface area contributed by atoms with E-state index >= 15 is 0 Å². The minimum atomic E-state index is -0.0771. The van der Waals surface area contributed by atoms with Gasteiger partial charge >= 0.3 is 6.03 Å². The lowest BCUT2D eigenvalue weighted by molar-refractivity contribution is 0.192. The molecular formula is C24H29N3O. The molecule has 4 heteroatoms. The molecule has 146 valence electrons. The average Bonchev–Trinajstić information content (AvgIpc) is 3.14. The normalized spacial score (nSPS) is 10.9. The van der Waals surface area contributed by atoms with E-state index in [0.717, 1.165) is 24.3 Å². The van der Waals surface area contributed by atoms with Gasteiger partial charge in [0.05, 0.1) is 6.54 Å². The van der Waals surface area contributed by atoms with E-state index in [4.69, 9.17) is 0 Å². The van der Waals surface area contributed by atoms with Crippen molar-refractivity contribution in [3.63, 3.8) is 0 Å². The second-order valence-corrected chi connectivity index (χ2v) is 7.32. The molecule has 0 aliphatic heterocycles. The molecule has 1 heterocycles. The molecule has 4 nitrogen and oxygen atoms in total. The number of amides is 2. The van der Waals surface area contributed by atoms with Gasteiger partial charge in [-0.2, -0.15) is 0 Å². The highest BCUT2D eigenvalue weighted by Crippen LogP contribution is 2.16. The van der Waals surface area contributed by atoms with Gasteiger partial charge < -0.3 is 14.8 Å². The number of anilines is 1. The fraction of sp³-hybridized carbons (Fsp3) is 0.292. The van der Waals surface area contributed by atoms with Crippen LogP contribution in [0.25, 0.3) is 0 Å². The first-order valence-corrected chi connectivity index (χ1v) is 9.91. The summed E-state index contributed by atoms with van der Waals surface area (Å²) in [6.07, 6.45) is 3.06. The monoisotopic (exact) mass is 375 g/mol. The van der Waals surface area contributed by atoms with E-state index < -0.39 is 0 Å². The van der Waals surface area contributed by atoms with Gasteiger partial charge in [-0.15, -0.1) is 0 Å². The molecule has 0 spiro atoms. The predicted molar refractivity (Wildman–Crippen MR) is 115 cm³/mol. The first-order valence-electron chi connectivity index (χ1n) is 9.91. The van der Waals surface area contributed by atoms with Crippen molar-refractivity contribution in [2.45, 2.75) is 46.3 Å². The summed E-state index contributed by atoms with van der Waals surface area (Å²) in [5, 5.41) is 3.03.